The van der Waals surface area contributed by atoms with Crippen molar-refractivity contribution in [2.45, 2.75) is 60.8 Å². The van der Waals surface area contributed by atoms with Gasteiger partial charge in [0, 0.05) is 0 Å². The largest absolute Gasteiger partial charge is 0.0906 e. The molecule has 0 heterocycles. The first-order chi connectivity index (χ1) is 10.4. The van der Waals surface area contributed by atoms with Crippen molar-refractivity contribution < 1.29 is 0 Å². The van der Waals surface area contributed by atoms with Crippen LogP contribution >= 0.6 is 0 Å². The number of benzene rings is 1. The van der Waals surface area contributed by atoms with E-state index in [2.05, 4.69) is 49.1 Å². The first kappa shape index (κ1) is 21.7. The average Bonchev–Trinajstić information content (AvgIpc) is 2.90. The summed E-state index contributed by atoms with van der Waals surface area (Å²) < 4.78 is 0. The third kappa shape index (κ3) is 9.07. The van der Waals surface area contributed by atoms with Gasteiger partial charge >= 0.3 is 0 Å². The minimum Gasteiger partial charge on any atom is -0.0906 e. The number of hydrogen-bond donors (Lipinski definition) is 0. The molecule has 1 aromatic carbocycles. The van der Waals surface area contributed by atoms with Crippen LogP contribution in [0.4, 0.5) is 0 Å². The molecule has 21 heavy (non-hydrogen) atoms. The zero-order valence-electron chi connectivity index (χ0n) is 14.9. The molecular weight excluding hydrogens is 252 g/mol. The molecule has 2 rings (SSSR count). The number of hydrogen-bond acceptors (Lipinski definition) is 0. The van der Waals surface area contributed by atoms with Gasteiger partial charge in [-0.1, -0.05) is 96.7 Å². The lowest BCUT2D eigenvalue weighted by atomic mass is 9.99. The maximum atomic E-state index is 4.17. The Morgan fingerprint density at radius 2 is 1.43 bits per heavy atom. The average molecular weight is 287 g/mol. The van der Waals surface area contributed by atoms with Gasteiger partial charge in [0.15, 0.2) is 0 Å². The standard InChI is InChI=1S/C15H16.3C2H6/c1-13(15-11-7-4-8-12-15)14-9-5-2-3-6-10-14;3*1-2/h4-5,7-12H,1-3,6H2;3*1-2H3. The van der Waals surface area contributed by atoms with Crippen LogP contribution in [0.2, 0.25) is 0 Å². The van der Waals surface area contributed by atoms with Gasteiger partial charge < -0.3 is 0 Å². The Balaban J connectivity index is 0. The SMILES string of the molecule is C=C(C1=CCCCC=C1)c1ccccc1.CC.CC.CC. The Morgan fingerprint density at radius 3 is 2.00 bits per heavy atom. The molecule has 0 atom stereocenters. The molecule has 118 valence electrons. The van der Waals surface area contributed by atoms with Gasteiger partial charge in [-0.15, -0.1) is 0 Å². The molecule has 0 fully saturated rings. The van der Waals surface area contributed by atoms with Gasteiger partial charge in [0.05, 0.1) is 0 Å². The zero-order valence-corrected chi connectivity index (χ0v) is 14.9. The summed E-state index contributed by atoms with van der Waals surface area (Å²) in [7, 11) is 0. The van der Waals surface area contributed by atoms with Crippen LogP contribution in [0.25, 0.3) is 5.57 Å². The Morgan fingerprint density at radius 1 is 0.857 bits per heavy atom. The molecule has 0 aromatic heterocycles. The maximum absolute atomic E-state index is 4.17. The Hall–Kier alpha value is -1.56. The minimum atomic E-state index is 1.13. The van der Waals surface area contributed by atoms with Gasteiger partial charge in [-0.2, -0.15) is 0 Å². The molecule has 1 aromatic rings. The van der Waals surface area contributed by atoms with E-state index in [0.29, 0.717) is 0 Å². The fourth-order valence-corrected chi connectivity index (χ4v) is 1.80. The van der Waals surface area contributed by atoms with E-state index in [4.69, 9.17) is 0 Å². The smallest absolute Gasteiger partial charge is 0.0184 e. The molecule has 0 saturated heterocycles. The van der Waals surface area contributed by atoms with Crippen molar-refractivity contribution in [2.75, 3.05) is 0 Å². The van der Waals surface area contributed by atoms with E-state index in [9.17, 15) is 0 Å². The maximum Gasteiger partial charge on any atom is -0.0184 e. The first-order valence-corrected chi connectivity index (χ1v) is 8.49. The third-order valence-electron chi connectivity index (χ3n) is 2.71. The highest BCUT2D eigenvalue weighted by atomic mass is 14.1. The van der Waals surface area contributed by atoms with Crippen LogP contribution in [0, 0.1) is 0 Å². The predicted octanol–water partition coefficient (Wildman–Crippen LogP) is 7.44. The van der Waals surface area contributed by atoms with Crippen molar-refractivity contribution in [2.24, 2.45) is 0 Å². The predicted molar refractivity (Wildman–Crippen MR) is 101 cm³/mol. The molecule has 0 amide bonds. The highest BCUT2D eigenvalue weighted by molar-refractivity contribution is 5.80. The lowest BCUT2D eigenvalue weighted by Gasteiger charge is -2.06. The summed E-state index contributed by atoms with van der Waals surface area (Å²) in [5.41, 5.74) is 3.63. The third-order valence-corrected chi connectivity index (χ3v) is 2.71. The molecule has 0 saturated carbocycles. The van der Waals surface area contributed by atoms with Crippen LogP contribution in [0.3, 0.4) is 0 Å². The van der Waals surface area contributed by atoms with Crippen molar-refractivity contribution in [3.63, 3.8) is 0 Å². The number of rotatable bonds is 2. The van der Waals surface area contributed by atoms with Crippen LogP contribution in [0.1, 0.15) is 66.4 Å². The molecular formula is C21H34. The Bertz CT molecular complexity index is 393. The van der Waals surface area contributed by atoms with E-state index in [0.717, 1.165) is 12.0 Å². The van der Waals surface area contributed by atoms with Crippen molar-refractivity contribution in [3.05, 3.63) is 66.3 Å². The quantitative estimate of drug-likeness (QED) is 0.529. The second-order valence-electron chi connectivity index (χ2n) is 3.84. The van der Waals surface area contributed by atoms with Crippen LogP contribution in [0.15, 0.2) is 60.7 Å². The molecule has 0 spiro atoms. The molecule has 0 unspecified atom stereocenters. The number of allylic oxidation sites excluding steroid dienone is 5. The van der Waals surface area contributed by atoms with E-state index in [1.807, 2.05) is 47.6 Å². The monoisotopic (exact) mass is 286 g/mol. The summed E-state index contributed by atoms with van der Waals surface area (Å²) in [6, 6.07) is 10.4. The minimum absolute atomic E-state index is 1.13. The van der Waals surface area contributed by atoms with Gasteiger partial charge in [0.1, 0.15) is 0 Å². The zero-order chi connectivity index (χ0) is 16.5. The Kier molecular flexibility index (Phi) is 17.1. The van der Waals surface area contributed by atoms with E-state index in [-0.39, 0.29) is 0 Å². The second-order valence-corrected chi connectivity index (χ2v) is 3.84. The molecule has 0 bridgehead atoms. The van der Waals surface area contributed by atoms with Crippen LogP contribution < -0.4 is 0 Å². The van der Waals surface area contributed by atoms with Crippen LogP contribution in [-0.2, 0) is 0 Å². The molecule has 0 aliphatic heterocycles. The van der Waals surface area contributed by atoms with E-state index in [1.54, 1.807) is 0 Å². The lowest BCUT2D eigenvalue weighted by Crippen LogP contribution is -1.85. The fraction of sp³-hybridized carbons (Fsp3) is 0.429. The summed E-state index contributed by atoms with van der Waals surface area (Å²) in [4.78, 5) is 0. The molecule has 1 aliphatic rings. The molecule has 0 radical (unpaired) electrons. The van der Waals surface area contributed by atoms with Gasteiger partial charge in [0.2, 0.25) is 0 Å². The van der Waals surface area contributed by atoms with E-state index >= 15 is 0 Å². The fourth-order valence-electron chi connectivity index (χ4n) is 1.80. The summed E-state index contributed by atoms with van der Waals surface area (Å²) >= 11 is 0. The molecule has 0 heteroatoms. The van der Waals surface area contributed by atoms with Crippen molar-refractivity contribution in [1.82, 2.24) is 0 Å². The van der Waals surface area contributed by atoms with Crippen molar-refractivity contribution in [3.8, 4) is 0 Å². The van der Waals surface area contributed by atoms with E-state index in [1.165, 1.54) is 24.0 Å². The van der Waals surface area contributed by atoms with Gasteiger partial charge in [-0.3, -0.25) is 0 Å². The van der Waals surface area contributed by atoms with Gasteiger partial charge in [-0.05, 0) is 36.0 Å². The van der Waals surface area contributed by atoms with E-state index < -0.39 is 0 Å². The van der Waals surface area contributed by atoms with Crippen molar-refractivity contribution in [1.29, 1.82) is 0 Å². The molecule has 0 nitrogen and oxygen atoms in total. The molecule has 0 N–H and O–H groups in total. The summed E-state index contributed by atoms with van der Waals surface area (Å²) in [5.74, 6) is 0. The van der Waals surface area contributed by atoms with Gasteiger partial charge in [-0.25, -0.2) is 0 Å². The van der Waals surface area contributed by atoms with Gasteiger partial charge in [0.25, 0.3) is 0 Å². The first-order valence-electron chi connectivity index (χ1n) is 8.49. The summed E-state index contributed by atoms with van der Waals surface area (Å²) in [5, 5.41) is 0. The topological polar surface area (TPSA) is 0 Å². The Labute approximate surface area is 133 Å². The summed E-state index contributed by atoms with van der Waals surface area (Å²) in [6.45, 7) is 16.2. The normalized spacial score (nSPS) is 12.0. The lowest BCUT2D eigenvalue weighted by molar-refractivity contribution is 0.875. The summed E-state index contributed by atoms with van der Waals surface area (Å²) in [6.07, 6.45) is 10.3. The van der Waals surface area contributed by atoms with Crippen LogP contribution in [0.5, 0.6) is 0 Å². The van der Waals surface area contributed by atoms with Crippen molar-refractivity contribution >= 4 is 5.57 Å². The second kappa shape index (κ2) is 16.5. The molecule has 1 aliphatic carbocycles. The highest BCUT2D eigenvalue weighted by Gasteiger charge is 2.03. The highest BCUT2D eigenvalue weighted by Crippen LogP contribution is 2.24. The van der Waals surface area contributed by atoms with Crippen LogP contribution in [-0.4, -0.2) is 0 Å².